The number of rotatable bonds is 5. The van der Waals surface area contributed by atoms with Crippen molar-refractivity contribution in [2.45, 2.75) is 37.6 Å². The number of alkyl halides is 1. The molecule has 0 bridgehead atoms. The fraction of sp³-hybridized carbons (Fsp3) is 0.417. The lowest BCUT2D eigenvalue weighted by Gasteiger charge is -2.36. The highest BCUT2D eigenvalue weighted by Crippen LogP contribution is 2.35. The van der Waals surface area contributed by atoms with Gasteiger partial charge in [-0.25, -0.2) is 13.8 Å². The van der Waals surface area contributed by atoms with Crippen LogP contribution < -0.4 is 20.9 Å². The molecule has 0 aromatic carbocycles. The molecule has 2 N–H and O–H groups in total. The molecule has 36 heavy (non-hydrogen) atoms. The smallest absolute Gasteiger partial charge is 0.263 e. The Kier molecular flexibility index (Phi) is 6.62. The standard InChI is InChI=1S/C24H24F2N6O3.ClH/c25-15-8-28-18-2-4-21(34)32-10-13(22(15)23(18)32)9-31-6-5-17(16(26)11-31)27-7-14-1-3-19-24(29-14)30-20(33)12-35-19;/h1-4,8,13,16-17,27H,5-7,9-12H2,(H,29,30,33);1H/t13?,16-,17+;/m0./s1. The first-order chi connectivity index (χ1) is 17.0. The quantitative estimate of drug-likeness (QED) is 0.532. The van der Waals surface area contributed by atoms with Crippen LogP contribution in [0, 0.1) is 5.82 Å². The molecule has 0 aliphatic carbocycles. The number of halogens is 3. The van der Waals surface area contributed by atoms with Crippen LogP contribution in [-0.4, -0.2) is 63.8 Å². The van der Waals surface area contributed by atoms with Crippen molar-refractivity contribution in [1.29, 1.82) is 0 Å². The first-order valence-corrected chi connectivity index (χ1v) is 11.7. The number of hydrogen-bond acceptors (Lipinski definition) is 7. The maximum absolute atomic E-state index is 15.1. The van der Waals surface area contributed by atoms with Gasteiger partial charge in [0.05, 0.1) is 22.9 Å². The number of nitrogens with one attached hydrogen (secondary N) is 2. The maximum atomic E-state index is 15.1. The van der Waals surface area contributed by atoms with Gasteiger partial charge in [-0.1, -0.05) is 0 Å². The van der Waals surface area contributed by atoms with Gasteiger partial charge in [-0.15, -0.1) is 12.4 Å². The van der Waals surface area contributed by atoms with E-state index >= 15 is 4.39 Å². The van der Waals surface area contributed by atoms with Crippen LogP contribution in [0.4, 0.5) is 14.6 Å². The lowest BCUT2D eigenvalue weighted by atomic mass is 9.97. The molecule has 1 unspecified atom stereocenters. The van der Waals surface area contributed by atoms with E-state index in [4.69, 9.17) is 4.74 Å². The van der Waals surface area contributed by atoms with Gasteiger partial charge in [-0.3, -0.25) is 19.5 Å². The van der Waals surface area contributed by atoms with Crippen LogP contribution in [-0.2, 0) is 17.9 Å². The number of nitrogens with zero attached hydrogens (tertiary/aromatic N) is 4. The zero-order valence-corrected chi connectivity index (χ0v) is 20.1. The van der Waals surface area contributed by atoms with E-state index in [1.54, 1.807) is 22.8 Å². The summed E-state index contributed by atoms with van der Waals surface area (Å²) in [5.74, 6) is -0.0178. The van der Waals surface area contributed by atoms with Gasteiger partial charge in [0, 0.05) is 49.8 Å². The Labute approximate surface area is 211 Å². The molecule has 3 aromatic rings. The van der Waals surface area contributed by atoms with Crippen molar-refractivity contribution >= 4 is 35.2 Å². The van der Waals surface area contributed by atoms with E-state index in [1.807, 2.05) is 4.90 Å². The third-order valence-electron chi connectivity index (χ3n) is 6.98. The lowest BCUT2D eigenvalue weighted by Crippen LogP contribution is -2.51. The zero-order valence-electron chi connectivity index (χ0n) is 19.2. The third-order valence-corrected chi connectivity index (χ3v) is 6.98. The summed E-state index contributed by atoms with van der Waals surface area (Å²) in [4.78, 5) is 34.3. The van der Waals surface area contributed by atoms with E-state index in [9.17, 15) is 14.0 Å². The summed E-state index contributed by atoms with van der Waals surface area (Å²) in [6, 6.07) is 6.26. The van der Waals surface area contributed by atoms with Crippen molar-refractivity contribution in [2.75, 3.05) is 31.6 Å². The van der Waals surface area contributed by atoms with Crippen LogP contribution >= 0.6 is 12.4 Å². The topological polar surface area (TPSA) is 101 Å². The molecule has 0 spiro atoms. The number of aromatic nitrogens is 3. The van der Waals surface area contributed by atoms with Gasteiger partial charge in [-0.05, 0) is 31.2 Å². The molecule has 1 amide bonds. The predicted octanol–water partition coefficient (Wildman–Crippen LogP) is 1.98. The zero-order chi connectivity index (χ0) is 24.1. The molecule has 12 heteroatoms. The Morgan fingerprint density at radius 1 is 1.19 bits per heavy atom. The summed E-state index contributed by atoms with van der Waals surface area (Å²) < 4.78 is 36.7. The van der Waals surface area contributed by atoms with E-state index in [-0.39, 0.29) is 49.0 Å². The summed E-state index contributed by atoms with van der Waals surface area (Å²) >= 11 is 0. The van der Waals surface area contributed by atoms with E-state index in [0.29, 0.717) is 66.5 Å². The Balaban J connectivity index is 0.00000267. The average molecular weight is 519 g/mol. The summed E-state index contributed by atoms with van der Waals surface area (Å²) in [6.45, 7) is 2.03. The molecule has 190 valence electrons. The molecular formula is C24H25ClF2N6O3. The van der Waals surface area contributed by atoms with Crippen molar-refractivity contribution in [2.24, 2.45) is 0 Å². The molecular weight excluding hydrogens is 494 g/mol. The second-order valence-electron chi connectivity index (χ2n) is 9.27. The molecule has 1 fully saturated rings. The molecule has 3 aliphatic rings. The van der Waals surface area contributed by atoms with Gasteiger partial charge in [0.1, 0.15) is 12.0 Å². The maximum Gasteiger partial charge on any atom is 0.263 e. The van der Waals surface area contributed by atoms with Crippen LogP contribution in [0.5, 0.6) is 5.75 Å². The number of likely N-dealkylation sites (tertiary alicyclic amines) is 1. The average Bonchev–Trinajstić information content (AvgIpc) is 3.23. The minimum Gasteiger partial charge on any atom is -0.480 e. The minimum atomic E-state index is -1.11. The number of pyridine rings is 3. The monoisotopic (exact) mass is 518 g/mol. The van der Waals surface area contributed by atoms with Crippen LogP contribution in [0.15, 0.2) is 35.3 Å². The van der Waals surface area contributed by atoms with Crippen molar-refractivity contribution < 1.29 is 18.3 Å². The second-order valence-corrected chi connectivity index (χ2v) is 9.27. The Bertz CT molecular complexity index is 1390. The molecule has 0 saturated carbocycles. The molecule has 3 aliphatic heterocycles. The van der Waals surface area contributed by atoms with Crippen LogP contribution in [0.3, 0.4) is 0 Å². The molecule has 3 atom stereocenters. The highest BCUT2D eigenvalue weighted by Gasteiger charge is 2.34. The fourth-order valence-electron chi connectivity index (χ4n) is 5.31. The molecule has 1 saturated heterocycles. The number of fused-ring (bicyclic) bond motifs is 1. The highest BCUT2D eigenvalue weighted by atomic mass is 35.5. The van der Waals surface area contributed by atoms with Gasteiger partial charge >= 0.3 is 0 Å². The summed E-state index contributed by atoms with van der Waals surface area (Å²) in [5.41, 5.74) is 2.14. The summed E-state index contributed by atoms with van der Waals surface area (Å²) in [7, 11) is 0. The van der Waals surface area contributed by atoms with Crippen molar-refractivity contribution in [3.63, 3.8) is 0 Å². The summed E-state index contributed by atoms with van der Waals surface area (Å²) in [6.07, 6.45) is 0.670. The van der Waals surface area contributed by atoms with Gasteiger partial charge < -0.3 is 19.9 Å². The number of amides is 1. The number of piperidine rings is 1. The van der Waals surface area contributed by atoms with E-state index in [0.717, 1.165) is 0 Å². The first kappa shape index (κ1) is 24.5. The Morgan fingerprint density at radius 2 is 2.06 bits per heavy atom. The van der Waals surface area contributed by atoms with Crippen molar-refractivity contribution in [1.82, 2.24) is 24.8 Å². The predicted molar refractivity (Wildman–Crippen MR) is 131 cm³/mol. The number of carbonyl (C=O) groups excluding carboxylic acids is 1. The fourth-order valence-corrected chi connectivity index (χ4v) is 5.31. The number of ether oxygens (including phenoxy) is 1. The molecule has 6 rings (SSSR count). The van der Waals surface area contributed by atoms with Crippen molar-refractivity contribution in [3.05, 3.63) is 57.9 Å². The van der Waals surface area contributed by atoms with Crippen LogP contribution in [0.2, 0.25) is 0 Å². The largest absolute Gasteiger partial charge is 0.480 e. The molecule has 3 aromatic heterocycles. The molecule has 6 heterocycles. The van der Waals surface area contributed by atoms with Crippen LogP contribution in [0.1, 0.15) is 23.6 Å². The second kappa shape index (κ2) is 9.72. The van der Waals surface area contributed by atoms with Gasteiger partial charge in [0.2, 0.25) is 0 Å². The Hall–Kier alpha value is -3.15. The third kappa shape index (κ3) is 4.42. The van der Waals surface area contributed by atoms with Gasteiger partial charge in [0.15, 0.2) is 18.2 Å². The van der Waals surface area contributed by atoms with E-state index in [2.05, 4.69) is 20.6 Å². The normalized spacial score (nSPS) is 23.1. The first-order valence-electron chi connectivity index (χ1n) is 11.7. The lowest BCUT2D eigenvalue weighted by molar-refractivity contribution is -0.118. The van der Waals surface area contributed by atoms with E-state index in [1.165, 1.54) is 12.3 Å². The van der Waals surface area contributed by atoms with Gasteiger partial charge in [0.25, 0.3) is 11.5 Å². The SMILES string of the molecule is Cl.O=C1COc2ccc(CN[C@@H]3CCN(CC4Cn5c(=O)ccc6ncc(F)c4c65)C[C@@H]3F)nc2N1. The highest BCUT2D eigenvalue weighted by molar-refractivity contribution is 5.94. The molecule has 0 radical (unpaired) electrons. The Morgan fingerprint density at radius 3 is 2.89 bits per heavy atom. The van der Waals surface area contributed by atoms with Crippen LogP contribution in [0.25, 0.3) is 11.0 Å². The van der Waals surface area contributed by atoms with Crippen molar-refractivity contribution in [3.8, 4) is 5.75 Å². The minimum absolute atomic E-state index is 0. The number of anilines is 1. The van der Waals surface area contributed by atoms with Gasteiger partial charge in [-0.2, -0.15) is 0 Å². The van der Waals surface area contributed by atoms with E-state index < -0.39 is 12.0 Å². The summed E-state index contributed by atoms with van der Waals surface area (Å²) in [5, 5.41) is 5.91. The number of hydrogen-bond donors (Lipinski definition) is 2. The number of carbonyl (C=O) groups is 1. The molecule has 9 nitrogen and oxygen atoms in total.